The molecule has 280 valence electrons. The fourth-order valence-corrected chi connectivity index (χ4v) is 3.28. The molecule has 2 aromatic carbocycles. The molecular weight excluding hydrogens is 636 g/mol. The predicted molar refractivity (Wildman–Crippen MR) is 200 cm³/mol. The lowest BCUT2D eigenvalue weighted by atomic mass is 9.81. The van der Waals surface area contributed by atoms with Crippen LogP contribution in [-0.2, 0) is 19.2 Å². The Balaban J connectivity index is 0. The Morgan fingerprint density at radius 2 is 0.960 bits per heavy atom. The van der Waals surface area contributed by atoms with Crippen LogP contribution in [0, 0.1) is 22.7 Å². The van der Waals surface area contributed by atoms with Crippen molar-refractivity contribution in [2.24, 2.45) is 34.1 Å². The number of ketones is 3. The second kappa shape index (κ2) is 22.5. The van der Waals surface area contributed by atoms with Crippen molar-refractivity contribution in [2.75, 3.05) is 0 Å². The summed E-state index contributed by atoms with van der Waals surface area (Å²) in [5, 5.41) is 14.2. The quantitative estimate of drug-likeness (QED) is 0.191. The van der Waals surface area contributed by atoms with Gasteiger partial charge in [-0.3, -0.25) is 28.8 Å². The Kier molecular flexibility index (Phi) is 21.5. The normalized spacial score (nSPS) is 14.4. The van der Waals surface area contributed by atoms with E-state index >= 15 is 0 Å². The SMILES string of the molecule is CC(=O)C(C)(C)C(C)NC(=O)c1ccccc1.CC(=O)C(C)C(C)N.CC(=O)C(C)C(C)NC(=O)c1ccccc1.CC(N)C(C)(C)C(=O)O. The zero-order valence-electron chi connectivity index (χ0n) is 32.3. The van der Waals surface area contributed by atoms with Crippen molar-refractivity contribution in [3.8, 4) is 0 Å². The number of aliphatic carboxylic acids is 1. The van der Waals surface area contributed by atoms with Gasteiger partial charge in [0.05, 0.1) is 5.41 Å². The van der Waals surface area contributed by atoms with Gasteiger partial charge in [0.25, 0.3) is 11.8 Å². The average Bonchev–Trinajstić information content (AvgIpc) is 3.05. The van der Waals surface area contributed by atoms with Crippen LogP contribution in [0.3, 0.4) is 0 Å². The largest absolute Gasteiger partial charge is 0.481 e. The molecule has 50 heavy (non-hydrogen) atoms. The van der Waals surface area contributed by atoms with Gasteiger partial charge in [-0.2, -0.15) is 0 Å². The number of carboxylic acid groups (broad SMARTS) is 1. The highest BCUT2D eigenvalue weighted by Crippen LogP contribution is 2.22. The van der Waals surface area contributed by atoms with Gasteiger partial charge in [-0.1, -0.05) is 64.1 Å². The maximum atomic E-state index is 11.9. The van der Waals surface area contributed by atoms with Gasteiger partial charge in [-0.25, -0.2) is 0 Å². The molecule has 6 atom stereocenters. The Labute approximate surface area is 299 Å². The first-order valence-electron chi connectivity index (χ1n) is 16.8. The minimum Gasteiger partial charge on any atom is -0.481 e. The summed E-state index contributed by atoms with van der Waals surface area (Å²) in [4.78, 5) is 67.2. The third-order valence-corrected chi connectivity index (χ3v) is 9.28. The summed E-state index contributed by atoms with van der Waals surface area (Å²) in [7, 11) is 0. The Hall–Kier alpha value is -4.22. The molecule has 0 aliphatic carbocycles. The number of Topliss-reactive ketones (excluding diaryl/α,β-unsaturated/α-hetero) is 3. The van der Waals surface area contributed by atoms with Crippen molar-refractivity contribution >= 4 is 35.1 Å². The molecule has 0 radical (unpaired) electrons. The summed E-state index contributed by atoms with van der Waals surface area (Å²) in [6.45, 7) is 22.4. The number of carboxylic acids is 1. The molecule has 0 aromatic heterocycles. The van der Waals surface area contributed by atoms with Gasteiger partial charge >= 0.3 is 5.97 Å². The maximum Gasteiger partial charge on any atom is 0.310 e. The van der Waals surface area contributed by atoms with E-state index in [1.54, 1.807) is 58.9 Å². The van der Waals surface area contributed by atoms with Crippen LogP contribution >= 0.6 is 0 Å². The summed E-state index contributed by atoms with van der Waals surface area (Å²) in [5.41, 5.74) is 10.7. The highest BCUT2D eigenvalue weighted by Gasteiger charge is 2.32. The van der Waals surface area contributed by atoms with Crippen molar-refractivity contribution in [1.29, 1.82) is 0 Å². The van der Waals surface area contributed by atoms with Crippen LogP contribution in [0.2, 0.25) is 0 Å². The zero-order valence-corrected chi connectivity index (χ0v) is 32.3. The Bertz CT molecular complexity index is 1370. The molecule has 11 nitrogen and oxygen atoms in total. The highest BCUT2D eigenvalue weighted by atomic mass is 16.4. The molecule has 0 bridgehead atoms. The van der Waals surface area contributed by atoms with Crippen LogP contribution < -0.4 is 22.1 Å². The van der Waals surface area contributed by atoms with Gasteiger partial charge in [-0.05, 0) is 86.6 Å². The molecule has 0 saturated carbocycles. The number of hydrogen-bond donors (Lipinski definition) is 5. The third kappa shape index (κ3) is 17.4. The molecule has 7 N–H and O–H groups in total. The summed E-state index contributed by atoms with van der Waals surface area (Å²) >= 11 is 0. The van der Waals surface area contributed by atoms with Crippen LogP contribution in [0.15, 0.2) is 60.7 Å². The number of rotatable bonds is 12. The number of benzene rings is 2. The smallest absolute Gasteiger partial charge is 0.310 e. The minimum atomic E-state index is -0.850. The Morgan fingerprint density at radius 1 is 0.600 bits per heavy atom. The lowest BCUT2D eigenvalue weighted by Gasteiger charge is -2.29. The zero-order chi connectivity index (χ0) is 39.6. The van der Waals surface area contributed by atoms with Gasteiger partial charge in [0.2, 0.25) is 0 Å². The van der Waals surface area contributed by atoms with E-state index in [0.717, 1.165) is 0 Å². The first-order chi connectivity index (χ1) is 22.8. The van der Waals surface area contributed by atoms with Crippen LogP contribution in [0.4, 0.5) is 0 Å². The van der Waals surface area contributed by atoms with Gasteiger partial charge in [0.15, 0.2) is 0 Å². The van der Waals surface area contributed by atoms with Crippen LogP contribution in [0.1, 0.15) is 111 Å². The predicted octanol–water partition coefficient (Wildman–Crippen LogP) is 5.45. The molecule has 0 heterocycles. The van der Waals surface area contributed by atoms with Gasteiger partial charge < -0.3 is 27.2 Å². The van der Waals surface area contributed by atoms with Gasteiger partial charge in [0, 0.05) is 52.5 Å². The third-order valence-electron chi connectivity index (χ3n) is 9.28. The second-order valence-electron chi connectivity index (χ2n) is 13.9. The summed E-state index contributed by atoms with van der Waals surface area (Å²) < 4.78 is 0. The molecule has 2 amide bonds. The molecule has 0 aliphatic heterocycles. The molecule has 6 unspecified atom stereocenters. The highest BCUT2D eigenvalue weighted by molar-refractivity contribution is 5.95. The number of hydrogen-bond acceptors (Lipinski definition) is 8. The standard InChI is InChI=1S/C14H19NO2.C13H17NO2.C6H13NO2.C6H13NO/c1-10(14(3,4)11(2)16)15-13(17)12-8-6-5-7-9-12;1-9(11(3)15)10(2)14-13(16)12-7-5-4-6-8-12;1-4(7)6(2,3)5(8)9;1-4(5(2)7)6(3)8/h5-10H,1-4H3,(H,15,17);4-10H,1-3H3,(H,14,16);4H,7H2,1-3H3,(H,8,9);4-5H,7H2,1-3H3. The topological polar surface area (TPSA) is 199 Å². The number of nitrogens with one attached hydrogen (secondary N) is 2. The van der Waals surface area contributed by atoms with E-state index < -0.39 is 16.8 Å². The van der Waals surface area contributed by atoms with Crippen molar-refractivity contribution in [1.82, 2.24) is 10.6 Å². The number of amides is 2. The van der Waals surface area contributed by atoms with E-state index in [1.807, 2.05) is 84.9 Å². The minimum absolute atomic E-state index is 0.00694. The molecule has 0 fully saturated rings. The summed E-state index contributed by atoms with van der Waals surface area (Å²) in [6, 6.07) is 17.3. The van der Waals surface area contributed by atoms with Crippen molar-refractivity contribution in [3.05, 3.63) is 71.8 Å². The van der Waals surface area contributed by atoms with Crippen LogP contribution in [-0.4, -0.2) is 64.4 Å². The van der Waals surface area contributed by atoms with Crippen LogP contribution in [0.5, 0.6) is 0 Å². The monoisotopic (exact) mass is 698 g/mol. The van der Waals surface area contributed by atoms with E-state index in [2.05, 4.69) is 10.6 Å². The first-order valence-corrected chi connectivity index (χ1v) is 16.8. The van der Waals surface area contributed by atoms with E-state index in [1.165, 1.54) is 6.92 Å². The number of carbonyl (C=O) groups excluding carboxylic acids is 5. The summed E-state index contributed by atoms with van der Waals surface area (Å²) in [5.74, 6) is -0.965. The fourth-order valence-electron chi connectivity index (χ4n) is 3.28. The Morgan fingerprint density at radius 3 is 1.20 bits per heavy atom. The fraction of sp³-hybridized carbons (Fsp3) is 0.538. The first kappa shape index (κ1) is 47.9. The van der Waals surface area contributed by atoms with E-state index in [4.69, 9.17) is 16.6 Å². The van der Waals surface area contributed by atoms with Gasteiger partial charge in [0.1, 0.15) is 17.3 Å². The summed E-state index contributed by atoms with van der Waals surface area (Å²) in [6.07, 6.45) is 0. The molecule has 2 aromatic rings. The van der Waals surface area contributed by atoms with Crippen molar-refractivity contribution in [2.45, 2.75) is 114 Å². The van der Waals surface area contributed by atoms with Crippen molar-refractivity contribution in [3.63, 3.8) is 0 Å². The number of nitrogens with two attached hydrogens (primary N) is 2. The molecule has 0 aliphatic rings. The van der Waals surface area contributed by atoms with Gasteiger partial charge in [-0.15, -0.1) is 0 Å². The molecule has 0 spiro atoms. The van der Waals surface area contributed by atoms with E-state index in [-0.39, 0.29) is 65.2 Å². The van der Waals surface area contributed by atoms with Crippen molar-refractivity contribution < 1.29 is 33.9 Å². The lowest BCUT2D eigenvalue weighted by molar-refractivity contribution is -0.147. The molecular formula is C39H62N4O7. The molecule has 2 rings (SSSR count). The van der Waals surface area contributed by atoms with Crippen LogP contribution in [0.25, 0.3) is 0 Å². The molecule has 0 saturated heterocycles. The molecule has 11 heteroatoms. The second-order valence-corrected chi connectivity index (χ2v) is 13.9. The van der Waals surface area contributed by atoms with E-state index in [0.29, 0.717) is 11.1 Å². The van der Waals surface area contributed by atoms with E-state index in [9.17, 15) is 28.8 Å². The average molecular weight is 699 g/mol. The number of carbonyl (C=O) groups is 6. The lowest BCUT2D eigenvalue weighted by Crippen LogP contribution is -2.46. The maximum absolute atomic E-state index is 11.9.